The van der Waals surface area contributed by atoms with Crippen LogP contribution in [0.1, 0.15) is 23.9 Å². The lowest BCUT2D eigenvalue weighted by Crippen LogP contribution is -2.15. The highest BCUT2D eigenvalue weighted by Gasteiger charge is 2.31. The maximum Gasteiger partial charge on any atom is 0.417 e. The number of aromatic nitrogens is 3. The standard InChI is InChI=1S/C11H13F3N4S/c1-19-5-4-8(15)10-17-16-9-3-2-7(6-18(9)10)11(12,13)14/h2-3,6,8H,4-5,15H2,1H3. The zero-order chi connectivity index (χ0) is 14.0. The van der Waals surface area contributed by atoms with Gasteiger partial charge in [-0.2, -0.15) is 24.9 Å². The summed E-state index contributed by atoms with van der Waals surface area (Å²) in [6.45, 7) is 0. The van der Waals surface area contributed by atoms with Crippen LogP contribution in [0.4, 0.5) is 13.2 Å². The van der Waals surface area contributed by atoms with E-state index >= 15 is 0 Å². The van der Waals surface area contributed by atoms with Gasteiger partial charge >= 0.3 is 6.18 Å². The molecular formula is C11H13F3N4S. The lowest BCUT2D eigenvalue weighted by molar-refractivity contribution is -0.137. The first-order valence-electron chi connectivity index (χ1n) is 5.60. The summed E-state index contributed by atoms with van der Waals surface area (Å²) >= 11 is 1.62. The Balaban J connectivity index is 2.40. The van der Waals surface area contributed by atoms with Crippen LogP contribution in [0, 0.1) is 0 Å². The van der Waals surface area contributed by atoms with Gasteiger partial charge in [0, 0.05) is 6.20 Å². The van der Waals surface area contributed by atoms with Crippen LogP contribution in [0.5, 0.6) is 0 Å². The third-order valence-corrected chi connectivity index (χ3v) is 3.36. The van der Waals surface area contributed by atoms with E-state index in [1.807, 2.05) is 6.26 Å². The molecule has 2 aromatic rings. The predicted molar refractivity (Wildman–Crippen MR) is 67.9 cm³/mol. The summed E-state index contributed by atoms with van der Waals surface area (Å²) in [7, 11) is 0. The second kappa shape index (κ2) is 5.38. The van der Waals surface area contributed by atoms with Crippen molar-refractivity contribution in [2.75, 3.05) is 12.0 Å². The van der Waals surface area contributed by atoms with Crippen LogP contribution in [0.2, 0.25) is 0 Å². The normalized spacial score (nSPS) is 13.9. The molecule has 4 nitrogen and oxygen atoms in total. The minimum atomic E-state index is -4.39. The molecule has 0 aliphatic rings. The van der Waals surface area contributed by atoms with Crippen LogP contribution in [0.15, 0.2) is 18.3 Å². The quantitative estimate of drug-likeness (QED) is 0.940. The van der Waals surface area contributed by atoms with Crippen molar-refractivity contribution >= 4 is 17.4 Å². The lowest BCUT2D eigenvalue weighted by Gasteiger charge is -2.11. The van der Waals surface area contributed by atoms with Crippen molar-refractivity contribution in [3.8, 4) is 0 Å². The molecule has 0 radical (unpaired) electrons. The molecule has 0 fully saturated rings. The van der Waals surface area contributed by atoms with Gasteiger partial charge in [0.05, 0.1) is 11.6 Å². The molecule has 2 heterocycles. The molecule has 0 aromatic carbocycles. The number of nitrogens with two attached hydrogens (primary N) is 1. The summed E-state index contributed by atoms with van der Waals surface area (Å²) < 4.78 is 39.3. The Bertz CT molecular complexity index is 567. The Hall–Kier alpha value is -1.28. The molecule has 0 amide bonds. The predicted octanol–water partition coefficient (Wildman–Crippen LogP) is 2.50. The number of halogens is 3. The maximum absolute atomic E-state index is 12.7. The number of alkyl halides is 3. The highest BCUT2D eigenvalue weighted by atomic mass is 32.2. The Morgan fingerprint density at radius 1 is 1.37 bits per heavy atom. The zero-order valence-corrected chi connectivity index (χ0v) is 11.0. The number of pyridine rings is 1. The molecule has 104 valence electrons. The molecule has 2 N–H and O–H groups in total. The van der Waals surface area contributed by atoms with E-state index in [2.05, 4.69) is 10.2 Å². The van der Waals surface area contributed by atoms with Crippen LogP contribution in [-0.2, 0) is 6.18 Å². The summed E-state index contributed by atoms with van der Waals surface area (Å²) in [6.07, 6.45) is -0.822. The number of nitrogens with zero attached hydrogens (tertiary/aromatic N) is 3. The first-order valence-corrected chi connectivity index (χ1v) is 6.99. The van der Waals surface area contributed by atoms with E-state index in [9.17, 15) is 13.2 Å². The summed E-state index contributed by atoms with van der Waals surface area (Å²) in [5.41, 5.74) is 5.56. The third kappa shape index (κ3) is 3.01. The molecule has 0 bridgehead atoms. The van der Waals surface area contributed by atoms with Gasteiger partial charge in [0.2, 0.25) is 0 Å². The van der Waals surface area contributed by atoms with Gasteiger partial charge in [0.1, 0.15) is 0 Å². The lowest BCUT2D eigenvalue weighted by atomic mass is 10.2. The first kappa shape index (κ1) is 14.1. The van der Waals surface area contributed by atoms with Crippen molar-refractivity contribution in [1.29, 1.82) is 0 Å². The van der Waals surface area contributed by atoms with E-state index in [0.29, 0.717) is 17.9 Å². The molecule has 0 aliphatic heterocycles. The molecule has 0 saturated heterocycles. The largest absolute Gasteiger partial charge is 0.417 e. The number of hydrogen-bond donors (Lipinski definition) is 1. The molecule has 8 heteroatoms. The first-order chi connectivity index (χ1) is 8.93. The fraction of sp³-hybridized carbons (Fsp3) is 0.455. The van der Waals surface area contributed by atoms with Gasteiger partial charge in [-0.05, 0) is 30.6 Å². The average Bonchev–Trinajstić information content (AvgIpc) is 2.77. The van der Waals surface area contributed by atoms with Gasteiger partial charge in [-0.15, -0.1) is 10.2 Å². The van der Waals surface area contributed by atoms with Gasteiger partial charge in [0.15, 0.2) is 11.5 Å². The van der Waals surface area contributed by atoms with Gasteiger partial charge < -0.3 is 5.73 Å². The Kier molecular flexibility index (Phi) is 4.00. The summed E-state index contributed by atoms with van der Waals surface area (Å²) in [5.74, 6) is 1.17. The molecule has 0 aliphatic carbocycles. The van der Waals surface area contributed by atoms with Gasteiger partial charge in [-0.1, -0.05) is 0 Å². The molecule has 0 spiro atoms. The molecule has 2 rings (SSSR count). The average molecular weight is 290 g/mol. The molecule has 19 heavy (non-hydrogen) atoms. The van der Waals surface area contributed by atoms with E-state index in [-0.39, 0.29) is 0 Å². The van der Waals surface area contributed by atoms with Gasteiger partial charge in [-0.25, -0.2) is 0 Å². The van der Waals surface area contributed by atoms with E-state index in [0.717, 1.165) is 18.0 Å². The second-order valence-corrected chi connectivity index (χ2v) is 5.08. The summed E-state index contributed by atoms with van der Waals surface area (Å²) in [4.78, 5) is 0. The SMILES string of the molecule is CSCCC(N)c1nnc2ccc(C(F)(F)F)cn12. The van der Waals surface area contributed by atoms with Crippen molar-refractivity contribution in [3.63, 3.8) is 0 Å². The number of fused-ring (bicyclic) bond motifs is 1. The Morgan fingerprint density at radius 3 is 2.74 bits per heavy atom. The van der Waals surface area contributed by atoms with Crippen molar-refractivity contribution < 1.29 is 13.2 Å². The minimum absolute atomic E-state index is 0.357. The summed E-state index contributed by atoms with van der Waals surface area (Å²) in [5, 5.41) is 7.71. The second-order valence-electron chi connectivity index (χ2n) is 4.09. The maximum atomic E-state index is 12.7. The Morgan fingerprint density at radius 2 is 2.11 bits per heavy atom. The zero-order valence-electron chi connectivity index (χ0n) is 10.2. The van der Waals surface area contributed by atoms with E-state index in [1.54, 1.807) is 11.8 Å². The number of rotatable bonds is 4. The topological polar surface area (TPSA) is 56.2 Å². The van der Waals surface area contributed by atoms with Crippen molar-refractivity contribution in [1.82, 2.24) is 14.6 Å². The van der Waals surface area contributed by atoms with E-state index in [1.165, 1.54) is 10.5 Å². The van der Waals surface area contributed by atoms with Crippen LogP contribution in [0.3, 0.4) is 0 Å². The van der Waals surface area contributed by atoms with Crippen LogP contribution >= 0.6 is 11.8 Å². The van der Waals surface area contributed by atoms with E-state index < -0.39 is 17.8 Å². The fourth-order valence-corrected chi connectivity index (χ4v) is 2.19. The molecular weight excluding hydrogens is 277 g/mol. The van der Waals surface area contributed by atoms with Crippen LogP contribution in [0.25, 0.3) is 5.65 Å². The molecule has 1 atom stereocenters. The van der Waals surface area contributed by atoms with Crippen molar-refractivity contribution in [2.24, 2.45) is 5.73 Å². The van der Waals surface area contributed by atoms with Crippen LogP contribution in [-0.4, -0.2) is 26.6 Å². The number of hydrogen-bond acceptors (Lipinski definition) is 4. The van der Waals surface area contributed by atoms with Gasteiger partial charge in [-0.3, -0.25) is 4.40 Å². The summed E-state index contributed by atoms with van der Waals surface area (Å²) in [6, 6.07) is 1.85. The van der Waals surface area contributed by atoms with E-state index in [4.69, 9.17) is 5.73 Å². The van der Waals surface area contributed by atoms with Gasteiger partial charge in [0.25, 0.3) is 0 Å². The minimum Gasteiger partial charge on any atom is -0.321 e. The number of thioether (sulfide) groups is 1. The monoisotopic (exact) mass is 290 g/mol. The van der Waals surface area contributed by atoms with Crippen LogP contribution < -0.4 is 5.73 Å². The molecule has 1 unspecified atom stereocenters. The molecule has 2 aromatic heterocycles. The highest BCUT2D eigenvalue weighted by molar-refractivity contribution is 7.98. The smallest absolute Gasteiger partial charge is 0.321 e. The third-order valence-electron chi connectivity index (χ3n) is 2.72. The van der Waals surface area contributed by atoms with Crippen molar-refractivity contribution in [2.45, 2.75) is 18.6 Å². The van der Waals surface area contributed by atoms with Crippen molar-refractivity contribution in [3.05, 3.63) is 29.7 Å². The molecule has 0 saturated carbocycles. The fourth-order valence-electron chi connectivity index (χ4n) is 1.70. The highest BCUT2D eigenvalue weighted by Crippen LogP contribution is 2.29. The Labute approximate surface area is 112 Å².